The van der Waals surface area contributed by atoms with Crippen molar-refractivity contribution in [1.82, 2.24) is 0 Å². The first-order valence-electron chi connectivity index (χ1n) is 9.10. The number of carbonyl (C=O) groups is 2. The maximum absolute atomic E-state index is 12.7. The molecule has 7 heteroatoms. The molecule has 0 bridgehead atoms. The predicted octanol–water partition coefficient (Wildman–Crippen LogP) is 3.90. The number of aliphatic carboxylic acids is 1. The third kappa shape index (κ3) is 5.90. The van der Waals surface area contributed by atoms with Crippen molar-refractivity contribution in [1.29, 1.82) is 0 Å². The third-order valence-corrected chi connectivity index (χ3v) is 3.70. The van der Waals surface area contributed by atoms with Crippen molar-refractivity contribution in [2.45, 2.75) is 27.2 Å². The van der Waals surface area contributed by atoms with E-state index in [4.69, 9.17) is 19.3 Å². The molecular formula is C21H25NO6. The second-order valence-electron chi connectivity index (χ2n) is 6.08. The smallest absolute Gasteiger partial charge is 0.341 e. The quantitative estimate of drug-likeness (QED) is 0.642. The molecule has 0 saturated carbocycles. The molecule has 2 rings (SSSR count). The molecule has 7 nitrogen and oxygen atoms in total. The topological polar surface area (TPSA) is 94.1 Å². The molecule has 0 spiro atoms. The lowest BCUT2D eigenvalue weighted by molar-refractivity contribution is -0.139. The maximum atomic E-state index is 12.7. The van der Waals surface area contributed by atoms with E-state index in [1.54, 1.807) is 19.1 Å². The van der Waals surface area contributed by atoms with Crippen LogP contribution in [0.25, 0.3) is 0 Å². The molecule has 0 fully saturated rings. The van der Waals surface area contributed by atoms with Crippen molar-refractivity contribution < 1.29 is 28.9 Å². The largest absolute Gasteiger partial charge is 0.491 e. The Balaban J connectivity index is 2.22. The number of anilines is 1. The van der Waals surface area contributed by atoms with Crippen LogP contribution in [0.5, 0.6) is 17.2 Å². The Hall–Kier alpha value is -3.22. The Labute approximate surface area is 164 Å². The summed E-state index contributed by atoms with van der Waals surface area (Å²) in [5.74, 6) is -0.244. The lowest BCUT2D eigenvalue weighted by atomic mass is 10.1. The molecule has 0 aliphatic carbocycles. The predicted molar refractivity (Wildman–Crippen MR) is 106 cm³/mol. The monoisotopic (exact) mass is 387 g/mol. The van der Waals surface area contributed by atoms with E-state index in [0.29, 0.717) is 36.0 Å². The summed E-state index contributed by atoms with van der Waals surface area (Å²) in [4.78, 5) is 23.4. The molecule has 0 radical (unpaired) electrons. The Kier molecular flexibility index (Phi) is 7.68. The number of carboxylic acid groups (broad SMARTS) is 1. The SMILES string of the molecule is CCCOc1cc(C)ccc1NC(=O)c1ccc(OCC(=O)O)c(OCC)c1. The first-order chi connectivity index (χ1) is 13.4. The molecular weight excluding hydrogens is 362 g/mol. The van der Waals surface area contributed by atoms with Crippen LogP contribution in [0.3, 0.4) is 0 Å². The van der Waals surface area contributed by atoms with Gasteiger partial charge in [0, 0.05) is 5.56 Å². The van der Waals surface area contributed by atoms with Gasteiger partial charge < -0.3 is 24.6 Å². The van der Waals surface area contributed by atoms with E-state index in [2.05, 4.69) is 5.32 Å². The normalized spacial score (nSPS) is 10.2. The number of nitrogens with one attached hydrogen (secondary N) is 1. The Morgan fingerprint density at radius 1 is 0.964 bits per heavy atom. The standard InChI is InChI=1S/C21H25NO6/c1-4-10-27-18-11-14(3)6-8-16(18)22-21(25)15-7-9-17(28-13-20(23)24)19(12-15)26-5-2/h6-9,11-12H,4-5,10,13H2,1-3H3,(H,22,25)(H,23,24). The van der Waals surface area contributed by atoms with Gasteiger partial charge in [-0.2, -0.15) is 0 Å². The minimum Gasteiger partial charge on any atom is -0.491 e. The van der Waals surface area contributed by atoms with Crippen LogP contribution >= 0.6 is 0 Å². The first-order valence-corrected chi connectivity index (χ1v) is 9.10. The van der Waals surface area contributed by atoms with Crippen molar-refractivity contribution in [3.05, 3.63) is 47.5 Å². The van der Waals surface area contributed by atoms with Gasteiger partial charge in [0.05, 0.1) is 18.9 Å². The summed E-state index contributed by atoms with van der Waals surface area (Å²) in [7, 11) is 0. The van der Waals surface area contributed by atoms with Gasteiger partial charge in [0.25, 0.3) is 5.91 Å². The lowest BCUT2D eigenvalue weighted by Crippen LogP contribution is -2.14. The summed E-state index contributed by atoms with van der Waals surface area (Å²) in [6.45, 7) is 6.16. The Morgan fingerprint density at radius 2 is 1.75 bits per heavy atom. The fourth-order valence-corrected chi connectivity index (χ4v) is 2.44. The molecule has 0 atom stereocenters. The zero-order valence-corrected chi connectivity index (χ0v) is 16.3. The number of carbonyl (C=O) groups excluding carboxylic acids is 1. The van der Waals surface area contributed by atoms with Crippen LogP contribution in [0.4, 0.5) is 5.69 Å². The van der Waals surface area contributed by atoms with E-state index >= 15 is 0 Å². The highest BCUT2D eigenvalue weighted by Crippen LogP contribution is 2.30. The second kappa shape index (κ2) is 10.2. The molecule has 2 aromatic carbocycles. The van der Waals surface area contributed by atoms with E-state index < -0.39 is 12.6 Å². The van der Waals surface area contributed by atoms with Gasteiger partial charge in [0.1, 0.15) is 5.75 Å². The van der Waals surface area contributed by atoms with Crippen molar-refractivity contribution in [3.8, 4) is 17.2 Å². The van der Waals surface area contributed by atoms with Crippen LogP contribution in [0.2, 0.25) is 0 Å². The van der Waals surface area contributed by atoms with Crippen molar-refractivity contribution >= 4 is 17.6 Å². The van der Waals surface area contributed by atoms with Crippen molar-refractivity contribution in [3.63, 3.8) is 0 Å². The number of hydrogen-bond acceptors (Lipinski definition) is 5. The summed E-state index contributed by atoms with van der Waals surface area (Å²) in [5.41, 5.74) is 1.96. The number of amides is 1. The molecule has 0 aliphatic heterocycles. The van der Waals surface area contributed by atoms with Gasteiger partial charge in [0.15, 0.2) is 18.1 Å². The highest BCUT2D eigenvalue weighted by molar-refractivity contribution is 6.05. The van der Waals surface area contributed by atoms with Crippen LogP contribution in [0.1, 0.15) is 36.2 Å². The number of carboxylic acids is 1. The molecule has 0 aliphatic rings. The third-order valence-electron chi connectivity index (χ3n) is 3.70. The molecule has 150 valence electrons. The molecule has 2 N–H and O–H groups in total. The average Bonchev–Trinajstić information content (AvgIpc) is 2.67. The van der Waals surface area contributed by atoms with Gasteiger partial charge in [-0.25, -0.2) is 4.79 Å². The molecule has 0 aromatic heterocycles. The van der Waals surface area contributed by atoms with E-state index in [0.717, 1.165) is 12.0 Å². The number of benzene rings is 2. The minimum atomic E-state index is -1.09. The van der Waals surface area contributed by atoms with Crippen LogP contribution in [-0.4, -0.2) is 36.8 Å². The zero-order chi connectivity index (χ0) is 20.5. The summed E-state index contributed by atoms with van der Waals surface area (Å²) in [6.07, 6.45) is 0.858. The Morgan fingerprint density at radius 3 is 2.43 bits per heavy atom. The van der Waals surface area contributed by atoms with E-state index in [1.165, 1.54) is 12.1 Å². The summed E-state index contributed by atoms with van der Waals surface area (Å²) >= 11 is 0. The van der Waals surface area contributed by atoms with Gasteiger partial charge in [-0.15, -0.1) is 0 Å². The average molecular weight is 387 g/mol. The van der Waals surface area contributed by atoms with Crippen LogP contribution in [0.15, 0.2) is 36.4 Å². The fraction of sp³-hybridized carbons (Fsp3) is 0.333. The van der Waals surface area contributed by atoms with E-state index in [1.807, 2.05) is 26.0 Å². The highest BCUT2D eigenvalue weighted by atomic mass is 16.5. The highest BCUT2D eigenvalue weighted by Gasteiger charge is 2.15. The van der Waals surface area contributed by atoms with Gasteiger partial charge in [-0.05, 0) is 56.2 Å². The summed E-state index contributed by atoms with van der Waals surface area (Å²) in [5, 5.41) is 11.6. The fourth-order valence-electron chi connectivity index (χ4n) is 2.44. The van der Waals surface area contributed by atoms with Gasteiger partial charge in [0.2, 0.25) is 0 Å². The second-order valence-corrected chi connectivity index (χ2v) is 6.08. The van der Waals surface area contributed by atoms with Crippen LogP contribution < -0.4 is 19.5 Å². The molecule has 0 saturated heterocycles. The molecule has 1 amide bonds. The molecule has 0 heterocycles. The molecule has 0 unspecified atom stereocenters. The van der Waals surface area contributed by atoms with E-state index in [9.17, 15) is 9.59 Å². The zero-order valence-electron chi connectivity index (χ0n) is 16.3. The number of aryl methyl sites for hydroxylation is 1. The van der Waals surface area contributed by atoms with Gasteiger partial charge >= 0.3 is 5.97 Å². The lowest BCUT2D eigenvalue weighted by Gasteiger charge is -2.14. The molecule has 28 heavy (non-hydrogen) atoms. The van der Waals surface area contributed by atoms with Crippen LogP contribution in [-0.2, 0) is 4.79 Å². The molecule has 2 aromatic rings. The van der Waals surface area contributed by atoms with Gasteiger partial charge in [-0.3, -0.25) is 4.79 Å². The summed E-state index contributed by atoms with van der Waals surface area (Å²) < 4.78 is 16.4. The van der Waals surface area contributed by atoms with Crippen molar-refractivity contribution in [2.24, 2.45) is 0 Å². The summed E-state index contributed by atoms with van der Waals surface area (Å²) in [6, 6.07) is 10.2. The van der Waals surface area contributed by atoms with E-state index in [-0.39, 0.29) is 11.7 Å². The Bertz CT molecular complexity index is 834. The number of ether oxygens (including phenoxy) is 3. The van der Waals surface area contributed by atoms with Gasteiger partial charge in [-0.1, -0.05) is 13.0 Å². The maximum Gasteiger partial charge on any atom is 0.341 e. The number of hydrogen-bond donors (Lipinski definition) is 2. The van der Waals surface area contributed by atoms with Crippen molar-refractivity contribution in [2.75, 3.05) is 25.1 Å². The van der Waals surface area contributed by atoms with Crippen LogP contribution in [0, 0.1) is 6.92 Å². The number of rotatable bonds is 10. The minimum absolute atomic E-state index is 0.267. The first kappa shape index (κ1) is 21.1.